The molecule has 4 heteroatoms. The molecule has 1 amide bonds. The van der Waals surface area contributed by atoms with E-state index in [9.17, 15) is 14.7 Å². The van der Waals surface area contributed by atoms with Crippen molar-refractivity contribution in [1.29, 1.82) is 0 Å². The maximum absolute atomic E-state index is 12.8. The number of benzene rings is 1. The number of amides is 1. The van der Waals surface area contributed by atoms with Gasteiger partial charge in [-0.05, 0) is 56.4 Å². The molecule has 1 saturated carbocycles. The minimum Gasteiger partial charge on any atom is -0.480 e. The van der Waals surface area contributed by atoms with E-state index in [4.69, 9.17) is 0 Å². The Kier molecular flexibility index (Phi) is 4.99. The van der Waals surface area contributed by atoms with Crippen molar-refractivity contribution in [3.63, 3.8) is 0 Å². The number of carboxylic acid groups (broad SMARTS) is 1. The third-order valence-corrected chi connectivity index (χ3v) is 5.42. The van der Waals surface area contributed by atoms with E-state index in [0.29, 0.717) is 18.9 Å². The Morgan fingerprint density at radius 3 is 2.30 bits per heavy atom. The van der Waals surface area contributed by atoms with Crippen LogP contribution in [-0.2, 0) is 9.59 Å². The number of hydrogen-bond donors (Lipinski definition) is 1. The Balaban J connectivity index is 1.60. The summed E-state index contributed by atoms with van der Waals surface area (Å²) in [6.45, 7) is 0.606. The molecular weight excluding hydrogens is 290 g/mol. The van der Waals surface area contributed by atoms with Gasteiger partial charge in [-0.3, -0.25) is 4.79 Å². The Hall–Kier alpha value is -1.84. The molecule has 2 fully saturated rings. The molecular formula is C19H25NO3. The van der Waals surface area contributed by atoms with E-state index in [2.05, 4.69) is 24.3 Å². The van der Waals surface area contributed by atoms with Crippen LogP contribution in [0.4, 0.5) is 0 Å². The van der Waals surface area contributed by atoms with Crippen LogP contribution in [0, 0.1) is 5.92 Å². The van der Waals surface area contributed by atoms with Crippen molar-refractivity contribution in [1.82, 2.24) is 4.90 Å². The SMILES string of the molecule is O=C(O)C1CCCCN1C(=O)C1CCC(c2ccccc2)CC1. The second-order valence-corrected chi connectivity index (χ2v) is 6.84. The van der Waals surface area contributed by atoms with Crippen molar-refractivity contribution in [2.24, 2.45) is 5.92 Å². The van der Waals surface area contributed by atoms with E-state index in [1.807, 2.05) is 6.07 Å². The van der Waals surface area contributed by atoms with Crippen LogP contribution in [0.1, 0.15) is 56.4 Å². The van der Waals surface area contributed by atoms with Gasteiger partial charge in [0.05, 0.1) is 0 Å². The number of likely N-dealkylation sites (tertiary alicyclic amines) is 1. The first kappa shape index (κ1) is 16.0. The number of aliphatic carboxylic acids is 1. The lowest BCUT2D eigenvalue weighted by Crippen LogP contribution is -2.50. The summed E-state index contributed by atoms with van der Waals surface area (Å²) in [6, 6.07) is 9.88. The van der Waals surface area contributed by atoms with Gasteiger partial charge in [0.15, 0.2) is 0 Å². The molecule has 0 bridgehead atoms. The maximum Gasteiger partial charge on any atom is 0.326 e. The van der Waals surface area contributed by atoms with Crippen LogP contribution in [0.15, 0.2) is 30.3 Å². The maximum atomic E-state index is 12.8. The van der Waals surface area contributed by atoms with Crippen LogP contribution in [0.5, 0.6) is 0 Å². The molecule has 0 radical (unpaired) electrons. The third kappa shape index (κ3) is 3.57. The van der Waals surface area contributed by atoms with E-state index < -0.39 is 12.0 Å². The lowest BCUT2D eigenvalue weighted by Gasteiger charge is -2.37. The molecule has 1 aliphatic carbocycles. The molecule has 0 spiro atoms. The monoisotopic (exact) mass is 315 g/mol. The number of carbonyl (C=O) groups is 2. The van der Waals surface area contributed by atoms with Crippen molar-refractivity contribution < 1.29 is 14.7 Å². The molecule has 1 unspecified atom stereocenters. The molecule has 1 saturated heterocycles. The number of hydrogen-bond acceptors (Lipinski definition) is 2. The summed E-state index contributed by atoms with van der Waals surface area (Å²) < 4.78 is 0. The predicted molar refractivity (Wildman–Crippen MR) is 88.1 cm³/mol. The number of piperidine rings is 1. The highest BCUT2D eigenvalue weighted by Crippen LogP contribution is 2.37. The Morgan fingerprint density at radius 1 is 0.957 bits per heavy atom. The first-order valence-corrected chi connectivity index (χ1v) is 8.75. The molecule has 1 N–H and O–H groups in total. The standard InChI is InChI=1S/C19H25NO3/c21-18(20-13-5-4-8-17(20)19(22)23)16-11-9-15(10-12-16)14-6-2-1-3-7-14/h1-3,6-7,15-17H,4-5,8-13H2,(H,22,23). The molecule has 23 heavy (non-hydrogen) atoms. The fourth-order valence-electron chi connectivity index (χ4n) is 4.09. The molecule has 124 valence electrons. The van der Waals surface area contributed by atoms with E-state index in [0.717, 1.165) is 38.5 Å². The van der Waals surface area contributed by atoms with E-state index in [-0.39, 0.29) is 11.8 Å². The van der Waals surface area contributed by atoms with E-state index in [1.165, 1.54) is 5.56 Å². The zero-order valence-electron chi connectivity index (χ0n) is 13.5. The zero-order valence-corrected chi connectivity index (χ0v) is 13.5. The van der Waals surface area contributed by atoms with Gasteiger partial charge < -0.3 is 10.0 Å². The van der Waals surface area contributed by atoms with Crippen LogP contribution in [0.3, 0.4) is 0 Å². The molecule has 1 heterocycles. The molecule has 1 aromatic rings. The van der Waals surface area contributed by atoms with Crippen molar-refractivity contribution in [3.8, 4) is 0 Å². The quantitative estimate of drug-likeness (QED) is 0.929. The van der Waals surface area contributed by atoms with E-state index >= 15 is 0 Å². The van der Waals surface area contributed by atoms with Gasteiger partial charge in [-0.1, -0.05) is 30.3 Å². The van der Waals surface area contributed by atoms with Crippen LogP contribution < -0.4 is 0 Å². The minimum atomic E-state index is -0.851. The van der Waals surface area contributed by atoms with E-state index in [1.54, 1.807) is 4.90 Å². The van der Waals surface area contributed by atoms with Crippen molar-refractivity contribution in [2.75, 3.05) is 6.54 Å². The van der Waals surface area contributed by atoms with Gasteiger partial charge in [-0.25, -0.2) is 4.79 Å². The molecule has 1 aliphatic heterocycles. The van der Waals surface area contributed by atoms with Crippen LogP contribution in [-0.4, -0.2) is 34.5 Å². The van der Waals surface area contributed by atoms with Gasteiger partial charge in [0.25, 0.3) is 0 Å². The van der Waals surface area contributed by atoms with Crippen molar-refractivity contribution in [2.45, 2.75) is 56.9 Å². The first-order valence-electron chi connectivity index (χ1n) is 8.75. The highest BCUT2D eigenvalue weighted by Gasteiger charge is 2.36. The summed E-state index contributed by atoms with van der Waals surface area (Å²) in [5.74, 6) is -0.230. The second kappa shape index (κ2) is 7.16. The Bertz CT molecular complexity index is 549. The Morgan fingerprint density at radius 2 is 1.65 bits per heavy atom. The lowest BCUT2D eigenvalue weighted by molar-refractivity contribution is -0.154. The van der Waals surface area contributed by atoms with Gasteiger partial charge in [-0.2, -0.15) is 0 Å². The molecule has 2 aliphatic rings. The molecule has 0 aromatic heterocycles. The second-order valence-electron chi connectivity index (χ2n) is 6.84. The highest BCUT2D eigenvalue weighted by molar-refractivity contribution is 5.85. The fraction of sp³-hybridized carbons (Fsp3) is 0.579. The Labute approximate surface area is 137 Å². The van der Waals surface area contributed by atoms with Crippen LogP contribution in [0.2, 0.25) is 0 Å². The number of rotatable bonds is 3. The van der Waals surface area contributed by atoms with Gasteiger partial charge in [-0.15, -0.1) is 0 Å². The zero-order chi connectivity index (χ0) is 16.2. The van der Waals surface area contributed by atoms with Crippen LogP contribution >= 0.6 is 0 Å². The average molecular weight is 315 g/mol. The third-order valence-electron chi connectivity index (χ3n) is 5.42. The van der Waals surface area contributed by atoms with Gasteiger partial charge in [0.1, 0.15) is 6.04 Å². The molecule has 4 nitrogen and oxygen atoms in total. The minimum absolute atomic E-state index is 0.00918. The smallest absolute Gasteiger partial charge is 0.326 e. The number of carboxylic acids is 1. The lowest BCUT2D eigenvalue weighted by atomic mass is 9.78. The summed E-state index contributed by atoms with van der Waals surface area (Å²) in [7, 11) is 0. The molecule has 1 aromatic carbocycles. The molecule has 1 atom stereocenters. The van der Waals surface area contributed by atoms with Gasteiger partial charge in [0, 0.05) is 12.5 Å². The summed E-state index contributed by atoms with van der Waals surface area (Å²) in [5, 5.41) is 9.35. The first-order chi connectivity index (χ1) is 11.2. The largest absolute Gasteiger partial charge is 0.480 e. The normalized spacial score (nSPS) is 28.3. The fourth-order valence-corrected chi connectivity index (χ4v) is 4.09. The van der Waals surface area contributed by atoms with Crippen molar-refractivity contribution in [3.05, 3.63) is 35.9 Å². The van der Waals surface area contributed by atoms with Gasteiger partial charge in [0.2, 0.25) is 5.91 Å². The molecule has 3 rings (SSSR count). The predicted octanol–water partition coefficient (Wildman–Crippen LogP) is 3.43. The summed E-state index contributed by atoms with van der Waals surface area (Å²) >= 11 is 0. The topological polar surface area (TPSA) is 57.6 Å². The van der Waals surface area contributed by atoms with Crippen LogP contribution in [0.25, 0.3) is 0 Å². The van der Waals surface area contributed by atoms with Gasteiger partial charge >= 0.3 is 5.97 Å². The number of nitrogens with zero attached hydrogens (tertiary/aromatic N) is 1. The summed E-state index contributed by atoms with van der Waals surface area (Å²) in [4.78, 5) is 25.8. The summed E-state index contributed by atoms with van der Waals surface area (Å²) in [5.41, 5.74) is 1.36. The number of carbonyl (C=O) groups excluding carboxylic acids is 1. The average Bonchev–Trinajstić information content (AvgIpc) is 2.62. The highest BCUT2D eigenvalue weighted by atomic mass is 16.4. The summed E-state index contributed by atoms with van der Waals surface area (Å²) in [6.07, 6.45) is 6.22. The van der Waals surface area contributed by atoms with Crippen molar-refractivity contribution >= 4 is 11.9 Å².